The number of benzene rings is 1. The summed E-state index contributed by atoms with van der Waals surface area (Å²) in [5.41, 5.74) is 2.24. The lowest BCUT2D eigenvalue weighted by atomic mass is 10.1. The Labute approximate surface area is 149 Å². The second kappa shape index (κ2) is 8.47. The third kappa shape index (κ3) is 5.29. The topological polar surface area (TPSA) is 59.8 Å². The first kappa shape index (κ1) is 17.9. The first-order valence-electron chi connectivity index (χ1n) is 8.79. The average molecular weight is 345 g/mol. The zero-order valence-electron chi connectivity index (χ0n) is 15.0. The Morgan fingerprint density at radius 1 is 1.40 bits per heavy atom. The summed E-state index contributed by atoms with van der Waals surface area (Å²) in [6.07, 6.45) is 3.29. The molecule has 0 aliphatic carbocycles. The van der Waals surface area contributed by atoms with Crippen LogP contribution in [-0.4, -0.2) is 64.8 Å². The first-order chi connectivity index (χ1) is 12.1. The molecule has 2 aromatic rings. The second-order valence-corrected chi connectivity index (χ2v) is 6.71. The molecule has 6 heteroatoms. The van der Waals surface area contributed by atoms with Gasteiger partial charge in [-0.05, 0) is 37.1 Å². The number of morpholine rings is 1. The normalized spacial score (nSPS) is 19.7. The third-order valence-corrected chi connectivity index (χ3v) is 4.42. The van der Waals surface area contributed by atoms with Crippen LogP contribution in [0.2, 0.25) is 0 Å². The molecule has 0 unspecified atom stereocenters. The Balaban J connectivity index is 1.45. The fourth-order valence-corrected chi connectivity index (χ4v) is 3.07. The number of aromatic nitrogens is 2. The van der Waals surface area contributed by atoms with Gasteiger partial charge >= 0.3 is 0 Å². The zero-order valence-corrected chi connectivity index (χ0v) is 15.0. The van der Waals surface area contributed by atoms with Crippen LogP contribution in [0.25, 0.3) is 0 Å². The maximum Gasteiger partial charge on any atom is 0.122 e. The quantitative estimate of drug-likeness (QED) is 0.827. The summed E-state index contributed by atoms with van der Waals surface area (Å²) in [4.78, 5) is 2.23. The number of aryl methyl sites for hydroxylation is 2. The van der Waals surface area contributed by atoms with E-state index in [1.165, 1.54) is 0 Å². The smallest absolute Gasteiger partial charge is 0.122 e. The van der Waals surface area contributed by atoms with E-state index >= 15 is 0 Å². The van der Waals surface area contributed by atoms with E-state index in [9.17, 15) is 5.11 Å². The highest BCUT2D eigenvalue weighted by Gasteiger charge is 2.23. The minimum atomic E-state index is -0.525. The molecule has 1 aliphatic heterocycles. The molecule has 2 heterocycles. The Hall–Kier alpha value is -1.89. The van der Waals surface area contributed by atoms with Crippen LogP contribution >= 0.6 is 0 Å². The molecule has 1 aliphatic rings. The molecule has 0 amide bonds. The van der Waals surface area contributed by atoms with Gasteiger partial charge in [0.25, 0.3) is 0 Å². The third-order valence-electron chi connectivity index (χ3n) is 4.42. The van der Waals surface area contributed by atoms with Crippen LogP contribution in [-0.2, 0) is 11.3 Å². The molecule has 1 fully saturated rings. The minimum Gasteiger partial charge on any atom is -0.491 e. The summed E-state index contributed by atoms with van der Waals surface area (Å²) < 4.78 is 13.5. The molecule has 1 saturated heterocycles. The molecule has 2 atom stereocenters. The Kier molecular flexibility index (Phi) is 6.07. The first-order valence-corrected chi connectivity index (χ1v) is 8.79. The molecule has 0 bridgehead atoms. The van der Waals surface area contributed by atoms with Gasteiger partial charge < -0.3 is 14.6 Å². The number of ether oxygens (including phenoxy) is 2. The Morgan fingerprint density at radius 2 is 2.28 bits per heavy atom. The Morgan fingerprint density at radius 3 is 3.08 bits per heavy atom. The summed E-state index contributed by atoms with van der Waals surface area (Å²) in [7, 11) is 0. The SMILES string of the molecule is Cc1ccc(C)c(OC[C@H](O)CN2CCO[C@H](Cn3cccn3)C2)c1. The van der Waals surface area contributed by atoms with E-state index in [-0.39, 0.29) is 6.10 Å². The van der Waals surface area contributed by atoms with Crippen molar-refractivity contribution in [2.75, 3.05) is 32.8 Å². The van der Waals surface area contributed by atoms with E-state index in [1.807, 2.05) is 42.9 Å². The summed E-state index contributed by atoms with van der Waals surface area (Å²) >= 11 is 0. The standard InChI is InChI=1S/C19H27N3O3/c1-15-4-5-16(2)19(10-15)25-14-17(23)11-21-8-9-24-18(12-21)13-22-7-3-6-20-22/h3-7,10,17-18,23H,8-9,11-14H2,1-2H3/t17-,18+/m1/s1. The number of β-amino-alcohol motifs (C(OH)–C–C–N with tert-alkyl or cyclic N) is 1. The van der Waals surface area contributed by atoms with Gasteiger partial charge in [-0.3, -0.25) is 9.58 Å². The van der Waals surface area contributed by atoms with Crippen molar-refractivity contribution in [3.8, 4) is 5.75 Å². The lowest BCUT2D eigenvalue weighted by Crippen LogP contribution is -2.47. The molecule has 136 valence electrons. The van der Waals surface area contributed by atoms with Crippen molar-refractivity contribution >= 4 is 0 Å². The highest BCUT2D eigenvalue weighted by molar-refractivity contribution is 5.35. The average Bonchev–Trinajstić information content (AvgIpc) is 3.09. The van der Waals surface area contributed by atoms with Gasteiger partial charge in [0.05, 0.1) is 19.3 Å². The summed E-state index contributed by atoms with van der Waals surface area (Å²) in [5, 5.41) is 14.6. The van der Waals surface area contributed by atoms with Crippen LogP contribution in [0.4, 0.5) is 0 Å². The van der Waals surface area contributed by atoms with Crippen molar-refractivity contribution in [3.05, 3.63) is 47.8 Å². The highest BCUT2D eigenvalue weighted by Crippen LogP contribution is 2.19. The molecular formula is C19H27N3O3. The van der Waals surface area contributed by atoms with E-state index in [1.54, 1.807) is 6.20 Å². The van der Waals surface area contributed by atoms with Gasteiger partial charge in [-0.1, -0.05) is 12.1 Å². The fraction of sp³-hybridized carbons (Fsp3) is 0.526. The van der Waals surface area contributed by atoms with Gasteiger partial charge in [0.15, 0.2) is 0 Å². The molecule has 1 N–H and O–H groups in total. The number of hydrogen-bond donors (Lipinski definition) is 1. The van der Waals surface area contributed by atoms with Crippen LogP contribution < -0.4 is 4.74 Å². The van der Waals surface area contributed by atoms with E-state index in [4.69, 9.17) is 9.47 Å². The van der Waals surface area contributed by atoms with Crippen molar-refractivity contribution in [2.45, 2.75) is 32.6 Å². The van der Waals surface area contributed by atoms with Gasteiger partial charge in [0, 0.05) is 32.0 Å². The molecule has 1 aromatic heterocycles. The largest absolute Gasteiger partial charge is 0.491 e. The lowest BCUT2D eigenvalue weighted by Gasteiger charge is -2.34. The molecule has 0 saturated carbocycles. The molecule has 6 nitrogen and oxygen atoms in total. The molecule has 1 aromatic carbocycles. The maximum absolute atomic E-state index is 10.3. The number of nitrogens with zero attached hydrogens (tertiary/aromatic N) is 3. The molecule has 25 heavy (non-hydrogen) atoms. The van der Waals surface area contributed by atoms with Crippen LogP contribution in [0.3, 0.4) is 0 Å². The molecule has 0 radical (unpaired) electrons. The lowest BCUT2D eigenvalue weighted by molar-refractivity contribution is -0.0517. The van der Waals surface area contributed by atoms with E-state index in [2.05, 4.69) is 16.1 Å². The van der Waals surface area contributed by atoms with E-state index in [0.717, 1.165) is 36.5 Å². The fourth-order valence-electron chi connectivity index (χ4n) is 3.07. The molecule has 3 rings (SSSR count). The van der Waals surface area contributed by atoms with Crippen LogP contribution in [0, 0.1) is 13.8 Å². The van der Waals surface area contributed by atoms with Crippen molar-refractivity contribution in [2.24, 2.45) is 0 Å². The zero-order chi connectivity index (χ0) is 17.6. The number of aliphatic hydroxyl groups excluding tert-OH is 1. The number of aliphatic hydroxyl groups is 1. The van der Waals surface area contributed by atoms with Gasteiger partial charge in [0.1, 0.15) is 18.5 Å². The van der Waals surface area contributed by atoms with Gasteiger partial charge in [-0.25, -0.2) is 0 Å². The predicted octanol–water partition coefficient (Wildman–Crippen LogP) is 1.64. The van der Waals surface area contributed by atoms with Crippen LogP contribution in [0.1, 0.15) is 11.1 Å². The highest BCUT2D eigenvalue weighted by atomic mass is 16.5. The van der Waals surface area contributed by atoms with Gasteiger partial charge in [-0.15, -0.1) is 0 Å². The van der Waals surface area contributed by atoms with Crippen molar-refractivity contribution in [3.63, 3.8) is 0 Å². The maximum atomic E-state index is 10.3. The summed E-state index contributed by atoms with van der Waals surface area (Å²) in [5.74, 6) is 0.845. The monoisotopic (exact) mass is 345 g/mol. The van der Waals surface area contributed by atoms with Crippen molar-refractivity contribution in [1.82, 2.24) is 14.7 Å². The number of rotatable bonds is 7. The van der Waals surface area contributed by atoms with E-state index in [0.29, 0.717) is 19.8 Å². The van der Waals surface area contributed by atoms with Crippen molar-refractivity contribution in [1.29, 1.82) is 0 Å². The molecule has 0 spiro atoms. The van der Waals surface area contributed by atoms with Crippen LogP contribution in [0.15, 0.2) is 36.7 Å². The second-order valence-electron chi connectivity index (χ2n) is 6.71. The number of hydrogen-bond acceptors (Lipinski definition) is 5. The minimum absolute atomic E-state index is 0.0979. The van der Waals surface area contributed by atoms with Gasteiger partial charge in [-0.2, -0.15) is 5.10 Å². The Bertz CT molecular complexity index is 660. The summed E-state index contributed by atoms with van der Waals surface area (Å²) in [6.45, 7) is 7.97. The predicted molar refractivity (Wildman–Crippen MR) is 95.8 cm³/mol. The van der Waals surface area contributed by atoms with Crippen molar-refractivity contribution < 1.29 is 14.6 Å². The van der Waals surface area contributed by atoms with Crippen LogP contribution in [0.5, 0.6) is 5.75 Å². The van der Waals surface area contributed by atoms with Gasteiger partial charge in [0.2, 0.25) is 0 Å². The molecular weight excluding hydrogens is 318 g/mol. The van der Waals surface area contributed by atoms with E-state index < -0.39 is 6.10 Å². The summed E-state index contributed by atoms with van der Waals surface area (Å²) in [6, 6.07) is 8.02.